The molecular formula is C17H16F2N4OS. The van der Waals surface area contributed by atoms with Crippen molar-refractivity contribution in [3.8, 4) is 6.07 Å². The average molecular weight is 362 g/mol. The van der Waals surface area contributed by atoms with Gasteiger partial charge in [-0.3, -0.25) is 4.72 Å². The molecule has 2 N–H and O–H groups in total. The quantitative estimate of drug-likeness (QED) is 0.721. The largest absolute Gasteiger partial charge is 0.358 e. The zero-order valence-electron chi connectivity index (χ0n) is 13.6. The van der Waals surface area contributed by atoms with E-state index in [1.54, 1.807) is 12.3 Å². The molecule has 2 heterocycles. The summed E-state index contributed by atoms with van der Waals surface area (Å²) in [7, 11) is -1.62. The average Bonchev–Trinajstić information content (AvgIpc) is 3.15. The fraction of sp³-hybridized carbons (Fsp3) is 0.235. The number of hydrogen-bond donors (Lipinski definition) is 2. The van der Waals surface area contributed by atoms with E-state index in [9.17, 15) is 18.3 Å². The number of halogens is 2. The standard InChI is InChI=1S/C17H16F2N4OS/c1-11-3-4-14(16-15(11)12(7-20)8-21-16)22-25(24)13-5-6-23(9-13)10-17(2,18)19/h3-6,8-9,21-22H,10H2,1-2H3. The van der Waals surface area contributed by atoms with Crippen LogP contribution in [-0.2, 0) is 17.5 Å². The topological polar surface area (TPSA) is 73.6 Å². The summed E-state index contributed by atoms with van der Waals surface area (Å²) in [5.74, 6) is -2.84. The van der Waals surface area contributed by atoms with Crippen molar-refractivity contribution in [2.45, 2.75) is 31.2 Å². The number of H-pyrrole nitrogens is 1. The number of rotatable bonds is 5. The molecule has 3 aromatic rings. The SMILES string of the molecule is Cc1ccc(NS(=O)c2ccn(CC(C)(F)F)c2)c2[nH]cc(C#N)c12. The lowest BCUT2D eigenvalue weighted by Gasteiger charge is -2.10. The van der Waals surface area contributed by atoms with Crippen molar-refractivity contribution in [3.63, 3.8) is 0 Å². The lowest BCUT2D eigenvalue weighted by Crippen LogP contribution is -2.18. The first-order valence-corrected chi connectivity index (χ1v) is 8.66. The van der Waals surface area contributed by atoms with Gasteiger partial charge in [0.2, 0.25) is 0 Å². The summed E-state index contributed by atoms with van der Waals surface area (Å²) < 4.78 is 42.8. The van der Waals surface area contributed by atoms with Crippen LogP contribution in [0.25, 0.3) is 10.9 Å². The maximum absolute atomic E-state index is 13.1. The number of nitriles is 1. The van der Waals surface area contributed by atoms with Gasteiger partial charge in [-0.25, -0.2) is 13.0 Å². The van der Waals surface area contributed by atoms with Gasteiger partial charge in [-0.15, -0.1) is 0 Å². The van der Waals surface area contributed by atoms with Crippen LogP contribution in [0.3, 0.4) is 0 Å². The molecule has 0 amide bonds. The van der Waals surface area contributed by atoms with Gasteiger partial charge in [-0.05, 0) is 24.6 Å². The summed E-state index contributed by atoms with van der Waals surface area (Å²) in [6.07, 6.45) is 4.51. The van der Waals surface area contributed by atoms with E-state index in [4.69, 9.17) is 0 Å². The number of alkyl halides is 2. The molecule has 2 aromatic heterocycles. The number of benzene rings is 1. The molecule has 0 aliphatic heterocycles. The summed E-state index contributed by atoms with van der Waals surface area (Å²) in [5.41, 5.74) is 2.71. The van der Waals surface area contributed by atoms with E-state index in [0.717, 1.165) is 17.9 Å². The Bertz CT molecular complexity index is 994. The van der Waals surface area contributed by atoms with Crippen molar-refractivity contribution < 1.29 is 13.0 Å². The van der Waals surface area contributed by atoms with E-state index in [0.29, 0.717) is 21.7 Å². The highest BCUT2D eigenvalue weighted by Crippen LogP contribution is 2.29. The fourth-order valence-electron chi connectivity index (χ4n) is 2.70. The Kier molecular flexibility index (Phi) is 4.35. The summed E-state index contributed by atoms with van der Waals surface area (Å²) >= 11 is 0. The monoisotopic (exact) mass is 362 g/mol. The maximum Gasteiger partial charge on any atom is 0.262 e. The van der Waals surface area contributed by atoms with Gasteiger partial charge in [0.15, 0.2) is 11.0 Å². The summed E-state index contributed by atoms with van der Waals surface area (Å²) in [6.45, 7) is 2.26. The molecule has 1 unspecified atom stereocenters. The Morgan fingerprint density at radius 2 is 2.16 bits per heavy atom. The van der Waals surface area contributed by atoms with Crippen molar-refractivity contribution in [2.75, 3.05) is 4.72 Å². The second-order valence-electron chi connectivity index (χ2n) is 5.95. The first kappa shape index (κ1) is 17.2. The Hall–Kier alpha value is -2.66. The number of fused-ring (bicyclic) bond motifs is 1. The molecule has 3 rings (SSSR count). The molecular weight excluding hydrogens is 346 g/mol. The van der Waals surface area contributed by atoms with Gasteiger partial charge in [0.05, 0.1) is 28.2 Å². The third-order valence-corrected chi connectivity index (χ3v) is 4.84. The Morgan fingerprint density at radius 1 is 1.40 bits per heavy atom. The first-order valence-electron chi connectivity index (χ1n) is 7.51. The molecule has 0 fully saturated rings. The molecule has 0 radical (unpaired) electrons. The van der Waals surface area contributed by atoms with E-state index >= 15 is 0 Å². The van der Waals surface area contributed by atoms with Crippen molar-refractivity contribution in [1.29, 1.82) is 5.26 Å². The summed E-state index contributed by atoms with van der Waals surface area (Å²) in [4.78, 5) is 3.41. The van der Waals surface area contributed by atoms with Crippen molar-refractivity contribution in [1.82, 2.24) is 9.55 Å². The molecule has 0 saturated heterocycles. The predicted molar refractivity (Wildman–Crippen MR) is 92.8 cm³/mol. The molecule has 0 saturated carbocycles. The molecule has 0 bridgehead atoms. The molecule has 0 aliphatic rings. The number of aryl methyl sites for hydroxylation is 1. The zero-order valence-corrected chi connectivity index (χ0v) is 14.5. The van der Waals surface area contributed by atoms with Crippen LogP contribution in [0.5, 0.6) is 0 Å². The van der Waals surface area contributed by atoms with Gasteiger partial charge in [-0.1, -0.05) is 6.07 Å². The van der Waals surface area contributed by atoms with Crippen LogP contribution >= 0.6 is 0 Å². The number of anilines is 1. The van der Waals surface area contributed by atoms with Crippen LogP contribution in [-0.4, -0.2) is 19.7 Å². The van der Waals surface area contributed by atoms with E-state index < -0.39 is 23.5 Å². The van der Waals surface area contributed by atoms with E-state index in [-0.39, 0.29) is 0 Å². The molecule has 0 spiro atoms. The summed E-state index contributed by atoms with van der Waals surface area (Å²) in [6, 6.07) is 7.26. The minimum Gasteiger partial charge on any atom is -0.358 e. The second-order valence-corrected chi connectivity index (χ2v) is 7.17. The Labute approximate surface area is 145 Å². The normalized spacial score (nSPS) is 12.9. The van der Waals surface area contributed by atoms with E-state index in [1.165, 1.54) is 23.0 Å². The number of nitrogens with one attached hydrogen (secondary N) is 2. The Morgan fingerprint density at radius 3 is 2.84 bits per heavy atom. The third-order valence-electron chi connectivity index (χ3n) is 3.76. The highest BCUT2D eigenvalue weighted by molar-refractivity contribution is 7.86. The van der Waals surface area contributed by atoms with Gasteiger partial charge in [0.1, 0.15) is 6.07 Å². The van der Waals surface area contributed by atoms with Gasteiger partial charge in [-0.2, -0.15) is 5.26 Å². The third kappa shape index (κ3) is 3.56. The van der Waals surface area contributed by atoms with E-state index in [2.05, 4.69) is 15.8 Å². The predicted octanol–water partition coefficient (Wildman–Crippen LogP) is 3.94. The lowest BCUT2D eigenvalue weighted by atomic mass is 10.1. The molecule has 1 aromatic carbocycles. The van der Waals surface area contributed by atoms with Gasteiger partial charge in [0.25, 0.3) is 5.92 Å². The number of nitrogens with zero attached hydrogens (tertiary/aromatic N) is 2. The molecule has 8 heteroatoms. The van der Waals surface area contributed by atoms with Crippen LogP contribution in [0.2, 0.25) is 0 Å². The molecule has 130 valence electrons. The molecule has 25 heavy (non-hydrogen) atoms. The van der Waals surface area contributed by atoms with Gasteiger partial charge < -0.3 is 9.55 Å². The molecule has 0 aliphatic carbocycles. The summed E-state index contributed by atoms with van der Waals surface area (Å²) in [5, 5.41) is 9.95. The van der Waals surface area contributed by atoms with E-state index in [1.807, 2.05) is 13.0 Å². The molecule has 5 nitrogen and oxygen atoms in total. The van der Waals surface area contributed by atoms with Crippen molar-refractivity contribution in [2.24, 2.45) is 0 Å². The minimum absolute atomic E-state index is 0.394. The minimum atomic E-state index is -2.84. The number of hydrogen-bond acceptors (Lipinski definition) is 2. The highest BCUT2D eigenvalue weighted by atomic mass is 32.2. The number of aromatic amines is 1. The van der Waals surface area contributed by atoms with Crippen LogP contribution in [0, 0.1) is 18.3 Å². The Balaban J connectivity index is 1.87. The molecule has 1 atom stereocenters. The van der Waals surface area contributed by atoms with Crippen molar-refractivity contribution >= 4 is 27.6 Å². The van der Waals surface area contributed by atoms with Gasteiger partial charge in [0, 0.05) is 30.9 Å². The second kappa shape index (κ2) is 6.33. The van der Waals surface area contributed by atoms with Crippen LogP contribution < -0.4 is 4.72 Å². The smallest absolute Gasteiger partial charge is 0.262 e. The van der Waals surface area contributed by atoms with Crippen LogP contribution in [0.15, 0.2) is 41.7 Å². The lowest BCUT2D eigenvalue weighted by molar-refractivity contribution is 0.00394. The highest BCUT2D eigenvalue weighted by Gasteiger charge is 2.22. The zero-order chi connectivity index (χ0) is 18.2. The number of aromatic nitrogens is 2. The van der Waals surface area contributed by atoms with Crippen LogP contribution in [0.1, 0.15) is 18.1 Å². The van der Waals surface area contributed by atoms with Crippen molar-refractivity contribution in [3.05, 3.63) is 47.9 Å². The first-order chi connectivity index (χ1) is 11.8. The maximum atomic E-state index is 13.1. The van der Waals surface area contributed by atoms with Crippen LogP contribution in [0.4, 0.5) is 14.5 Å². The van der Waals surface area contributed by atoms with Gasteiger partial charge >= 0.3 is 0 Å². The fourth-order valence-corrected chi connectivity index (χ4v) is 3.60.